The lowest BCUT2D eigenvalue weighted by Crippen LogP contribution is -2.36. The van der Waals surface area contributed by atoms with Crippen molar-refractivity contribution in [2.24, 2.45) is 0 Å². The maximum Gasteiger partial charge on any atom is 0.235 e. The second kappa shape index (κ2) is 7.13. The van der Waals surface area contributed by atoms with Gasteiger partial charge in [-0.3, -0.25) is 4.79 Å². The first-order valence-corrected chi connectivity index (χ1v) is 9.57. The van der Waals surface area contributed by atoms with Crippen molar-refractivity contribution in [2.75, 3.05) is 31.2 Å². The predicted octanol–water partition coefficient (Wildman–Crippen LogP) is 3.90. The van der Waals surface area contributed by atoms with Crippen LogP contribution in [0.1, 0.15) is 5.56 Å². The summed E-state index contributed by atoms with van der Waals surface area (Å²) < 4.78 is 11.2. The Balaban J connectivity index is 1.74. The summed E-state index contributed by atoms with van der Waals surface area (Å²) in [4.78, 5) is 14.8. The van der Waals surface area contributed by atoms with Gasteiger partial charge in [-0.2, -0.15) is 0 Å². The Kier molecular flexibility index (Phi) is 4.70. The minimum atomic E-state index is -0.415. The van der Waals surface area contributed by atoms with Gasteiger partial charge in [0, 0.05) is 29.7 Å². The highest BCUT2D eigenvalue weighted by Crippen LogP contribution is 2.31. The molecular weight excluding hydrogens is 398 g/mol. The summed E-state index contributed by atoms with van der Waals surface area (Å²) in [6.07, 6.45) is 0. The van der Waals surface area contributed by atoms with Crippen LogP contribution in [0.25, 0.3) is 22.3 Å². The first-order valence-electron chi connectivity index (χ1n) is 8.45. The summed E-state index contributed by atoms with van der Waals surface area (Å²) in [6.45, 7) is 3.15. The van der Waals surface area contributed by atoms with Crippen LogP contribution < -0.4 is 10.3 Å². The second-order valence-corrected chi connectivity index (χ2v) is 6.78. The molecule has 134 valence electrons. The molecule has 2 heterocycles. The van der Waals surface area contributed by atoms with Gasteiger partial charge in [0.25, 0.3) is 0 Å². The molecule has 0 spiro atoms. The van der Waals surface area contributed by atoms with E-state index in [0.717, 1.165) is 37.6 Å². The molecule has 6 heteroatoms. The first kappa shape index (κ1) is 17.1. The quantitative estimate of drug-likeness (QED) is 0.657. The Labute approximate surface area is 158 Å². The maximum atomic E-state index is 12.6. The molecule has 1 aliphatic rings. The molecule has 0 radical (unpaired) electrons. The van der Waals surface area contributed by atoms with Crippen LogP contribution in [0.2, 0.25) is 0 Å². The lowest BCUT2D eigenvalue weighted by molar-refractivity contribution is 0.122. The van der Waals surface area contributed by atoms with Gasteiger partial charge in [0.15, 0.2) is 5.76 Å². The molecular formula is C20H18BrNO4. The molecule has 4 rings (SSSR count). The Morgan fingerprint density at radius 3 is 2.50 bits per heavy atom. The highest BCUT2D eigenvalue weighted by Gasteiger charge is 2.17. The first-order chi connectivity index (χ1) is 12.7. The second-order valence-electron chi connectivity index (χ2n) is 6.22. The third-order valence-corrected chi connectivity index (χ3v) is 5.24. The Hall–Kier alpha value is -2.31. The van der Waals surface area contributed by atoms with Crippen molar-refractivity contribution in [1.82, 2.24) is 0 Å². The van der Waals surface area contributed by atoms with Gasteiger partial charge in [0.2, 0.25) is 11.2 Å². The molecule has 2 aromatic carbocycles. The third-order valence-electron chi connectivity index (χ3n) is 4.59. The highest BCUT2D eigenvalue weighted by atomic mass is 79.9. The Morgan fingerprint density at radius 1 is 1.08 bits per heavy atom. The number of hydrogen-bond acceptors (Lipinski definition) is 5. The van der Waals surface area contributed by atoms with Crippen molar-refractivity contribution >= 4 is 32.6 Å². The summed E-state index contributed by atoms with van der Waals surface area (Å²) >= 11 is 3.37. The molecule has 5 nitrogen and oxygen atoms in total. The zero-order valence-corrected chi connectivity index (χ0v) is 15.7. The number of anilines is 1. The molecule has 0 amide bonds. The van der Waals surface area contributed by atoms with Crippen LogP contribution >= 0.6 is 15.9 Å². The van der Waals surface area contributed by atoms with Gasteiger partial charge in [0.1, 0.15) is 5.58 Å². The molecule has 3 aromatic rings. The molecule has 1 N–H and O–H groups in total. The third kappa shape index (κ3) is 3.10. The van der Waals surface area contributed by atoms with Crippen molar-refractivity contribution < 1.29 is 14.3 Å². The van der Waals surface area contributed by atoms with Crippen LogP contribution in [0.15, 0.2) is 51.7 Å². The SMILES string of the molecule is O=c1c(O)c(-c2ccc(N3CCOCC3)cc2)oc2ccc(CBr)cc12. The number of hydrogen-bond donors (Lipinski definition) is 1. The Bertz CT molecular complexity index is 991. The summed E-state index contributed by atoms with van der Waals surface area (Å²) in [5.41, 5.74) is 2.75. The summed E-state index contributed by atoms with van der Waals surface area (Å²) in [5.74, 6) is -0.161. The fraction of sp³-hybridized carbons (Fsp3) is 0.250. The average Bonchev–Trinajstić information content (AvgIpc) is 2.71. The number of fused-ring (bicyclic) bond motifs is 1. The highest BCUT2D eigenvalue weighted by molar-refractivity contribution is 9.08. The van der Waals surface area contributed by atoms with E-state index in [1.807, 2.05) is 30.3 Å². The molecule has 1 fully saturated rings. The molecule has 26 heavy (non-hydrogen) atoms. The van der Waals surface area contributed by atoms with E-state index in [-0.39, 0.29) is 11.5 Å². The summed E-state index contributed by atoms with van der Waals surface area (Å²) in [7, 11) is 0. The fourth-order valence-corrected chi connectivity index (χ4v) is 3.51. The molecule has 0 saturated carbocycles. The monoisotopic (exact) mass is 415 g/mol. The van der Waals surface area contributed by atoms with E-state index in [1.54, 1.807) is 12.1 Å². The van der Waals surface area contributed by atoms with Crippen molar-refractivity contribution in [2.45, 2.75) is 5.33 Å². The molecule has 1 aromatic heterocycles. The maximum absolute atomic E-state index is 12.6. The van der Waals surface area contributed by atoms with E-state index in [0.29, 0.717) is 21.9 Å². The zero-order chi connectivity index (χ0) is 18.1. The van der Waals surface area contributed by atoms with Crippen LogP contribution in [0, 0.1) is 0 Å². The lowest BCUT2D eigenvalue weighted by Gasteiger charge is -2.28. The summed E-state index contributed by atoms with van der Waals surface area (Å²) in [5, 5.41) is 11.4. The van der Waals surface area contributed by atoms with E-state index in [4.69, 9.17) is 9.15 Å². The van der Waals surface area contributed by atoms with Crippen LogP contribution in [-0.2, 0) is 10.1 Å². The molecule has 0 aliphatic carbocycles. The molecule has 0 bridgehead atoms. The smallest absolute Gasteiger partial charge is 0.235 e. The van der Waals surface area contributed by atoms with E-state index in [1.165, 1.54) is 0 Å². The topological polar surface area (TPSA) is 62.9 Å². The number of morpholine rings is 1. The van der Waals surface area contributed by atoms with Gasteiger partial charge in [-0.25, -0.2) is 0 Å². The number of alkyl halides is 1. The van der Waals surface area contributed by atoms with Gasteiger partial charge in [0.05, 0.1) is 18.6 Å². The van der Waals surface area contributed by atoms with Crippen molar-refractivity contribution in [1.29, 1.82) is 0 Å². The zero-order valence-electron chi connectivity index (χ0n) is 14.1. The van der Waals surface area contributed by atoms with Crippen LogP contribution in [0.3, 0.4) is 0 Å². The normalized spacial score (nSPS) is 14.7. The number of nitrogens with zero attached hydrogens (tertiary/aromatic N) is 1. The largest absolute Gasteiger partial charge is 0.502 e. The van der Waals surface area contributed by atoms with Crippen molar-refractivity contribution in [3.63, 3.8) is 0 Å². The number of aromatic hydroxyl groups is 1. The van der Waals surface area contributed by atoms with E-state index in [9.17, 15) is 9.90 Å². The van der Waals surface area contributed by atoms with Gasteiger partial charge >= 0.3 is 0 Å². The summed E-state index contributed by atoms with van der Waals surface area (Å²) in [6, 6.07) is 13.1. The van der Waals surface area contributed by atoms with Crippen molar-refractivity contribution in [3.8, 4) is 17.1 Å². The van der Waals surface area contributed by atoms with Gasteiger partial charge in [-0.05, 0) is 42.0 Å². The van der Waals surface area contributed by atoms with Crippen LogP contribution in [0.5, 0.6) is 5.75 Å². The average molecular weight is 416 g/mol. The van der Waals surface area contributed by atoms with Gasteiger partial charge < -0.3 is 19.2 Å². The molecule has 0 unspecified atom stereocenters. The number of halogens is 1. The minimum absolute atomic E-state index is 0.197. The molecule has 1 saturated heterocycles. The van der Waals surface area contributed by atoms with Crippen LogP contribution in [-0.4, -0.2) is 31.4 Å². The van der Waals surface area contributed by atoms with Gasteiger partial charge in [-0.15, -0.1) is 0 Å². The Morgan fingerprint density at radius 2 is 1.81 bits per heavy atom. The number of ether oxygens (including phenoxy) is 1. The van der Waals surface area contributed by atoms with Crippen LogP contribution in [0.4, 0.5) is 5.69 Å². The minimum Gasteiger partial charge on any atom is -0.502 e. The van der Waals surface area contributed by atoms with E-state index < -0.39 is 5.43 Å². The van der Waals surface area contributed by atoms with Crippen molar-refractivity contribution in [3.05, 3.63) is 58.3 Å². The standard InChI is InChI=1S/C20H18BrNO4/c21-12-13-1-6-17-16(11-13)18(23)19(24)20(26-17)14-2-4-15(5-3-14)22-7-9-25-10-8-22/h1-6,11,24H,7-10,12H2. The predicted molar refractivity (Wildman–Crippen MR) is 105 cm³/mol. The molecule has 0 atom stereocenters. The molecule has 1 aliphatic heterocycles. The number of benzene rings is 2. The van der Waals surface area contributed by atoms with E-state index in [2.05, 4.69) is 20.8 Å². The van der Waals surface area contributed by atoms with E-state index >= 15 is 0 Å². The fourth-order valence-electron chi connectivity index (χ4n) is 3.16. The van der Waals surface area contributed by atoms with Gasteiger partial charge in [-0.1, -0.05) is 22.0 Å². The lowest BCUT2D eigenvalue weighted by atomic mass is 10.1. The number of rotatable bonds is 3.